The van der Waals surface area contributed by atoms with E-state index in [-0.39, 0.29) is 11.8 Å². The zero-order valence-corrected chi connectivity index (χ0v) is 14.4. The molecule has 0 radical (unpaired) electrons. The van der Waals surface area contributed by atoms with E-state index in [2.05, 4.69) is 31.9 Å². The first-order chi connectivity index (χ1) is 9.49. The molecule has 0 bridgehead atoms. The number of halogens is 2. The Bertz CT molecular complexity index is 534. The highest BCUT2D eigenvalue weighted by atomic mass is 79.9. The van der Waals surface area contributed by atoms with E-state index >= 15 is 0 Å². The van der Waals surface area contributed by atoms with Crippen LogP contribution in [-0.2, 0) is 4.79 Å². The third-order valence-electron chi connectivity index (χ3n) is 3.39. The molecular weight excluding hydrogens is 388 g/mol. The van der Waals surface area contributed by atoms with Crippen LogP contribution in [0.3, 0.4) is 0 Å². The zero-order valence-electron chi connectivity index (χ0n) is 11.2. The first kappa shape index (κ1) is 15.5. The molecule has 1 aliphatic rings. The van der Waals surface area contributed by atoms with Gasteiger partial charge in [0, 0.05) is 42.0 Å². The molecule has 1 fully saturated rings. The van der Waals surface area contributed by atoms with Crippen LogP contribution in [0.25, 0.3) is 0 Å². The number of nitrogens with zero attached hydrogens (tertiary/aromatic N) is 2. The SMILES string of the molecule is CC(=O)N1CCCN(C(=O)c2cc(Br)ccc2Br)CC1. The molecule has 108 valence electrons. The number of hydrogen-bond acceptors (Lipinski definition) is 2. The Hall–Kier alpha value is -0.880. The Morgan fingerprint density at radius 3 is 2.40 bits per heavy atom. The molecule has 1 heterocycles. The van der Waals surface area contributed by atoms with E-state index in [1.165, 1.54) is 0 Å². The average Bonchev–Trinajstić information content (AvgIpc) is 2.66. The summed E-state index contributed by atoms with van der Waals surface area (Å²) in [5.74, 6) is 0.0755. The normalized spacial score (nSPS) is 15.9. The van der Waals surface area contributed by atoms with E-state index in [1.54, 1.807) is 11.8 Å². The lowest BCUT2D eigenvalue weighted by Gasteiger charge is -2.22. The Morgan fingerprint density at radius 2 is 1.70 bits per heavy atom. The van der Waals surface area contributed by atoms with Crippen molar-refractivity contribution in [2.24, 2.45) is 0 Å². The van der Waals surface area contributed by atoms with Crippen LogP contribution < -0.4 is 0 Å². The summed E-state index contributed by atoms with van der Waals surface area (Å²) in [6, 6.07) is 5.57. The van der Waals surface area contributed by atoms with Crippen LogP contribution in [0.15, 0.2) is 27.1 Å². The molecule has 6 heteroatoms. The van der Waals surface area contributed by atoms with E-state index in [9.17, 15) is 9.59 Å². The van der Waals surface area contributed by atoms with Gasteiger partial charge in [0.25, 0.3) is 5.91 Å². The van der Waals surface area contributed by atoms with Gasteiger partial charge >= 0.3 is 0 Å². The summed E-state index contributed by atoms with van der Waals surface area (Å²) < 4.78 is 1.67. The Labute approximate surface area is 135 Å². The molecule has 1 aromatic carbocycles. The third-order valence-corrected chi connectivity index (χ3v) is 4.57. The summed E-state index contributed by atoms with van der Waals surface area (Å²) in [5.41, 5.74) is 0.649. The van der Waals surface area contributed by atoms with Gasteiger partial charge in [-0.1, -0.05) is 15.9 Å². The first-order valence-electron chi connectivity index (χ1n) is 6.49. The highest BCUT2D eigenvalue weighted by Gasteiger charge is 2.22. The second kappa shape index (κ2) is 6.72. The number of rotatable bonds is 1. The highest BCUT2D eigenvalue weighted by molar-refractivity contribution is 9.11. The van der Waals surface area contributed by atoms with Crippen LogP contribution in [0.4, 0.5) is 0 Å². The molecule has 0 unspecified atom stereocenters. The topological polar surface area (TPSA) is 40.6 Å². The van der Waals surface area contributed by atoms with Crippen molar-refractivity contribution in [3.8, 4) is 0 Å². The fourth-order valence-corrected chi connectivity index (χ4v) is 3.04. The summed E-state index contributed by atoms with van der Waals surface area (Å²) in [6.07, 6.45) is 0.816. The Kier molecular flexibility index (Phi) is 5.21. The lowest BCUT2D eigenvalue weighted by molar-refractivity contribution is -0.128. The maximum atomic E-state index is 12.6. The summed E-state index contributed by atoms with van der Waals surface area (Å²) in [4.78, 5) is 27.6. The van der Waals surface area contributed by atoms with Gasteiger partial charge in [-0.15, -0.1) is 0 Å². The van der Waals surface area contributed by atoms with Crippen molar-refractivity contribution in [2.45, 2.75) is 13.3 Å². The van der Waals surface area contributed by atoms with Gasteiger partial charge in [-0.25, -0.2) is 0 Å². The largest absolute Gasteiger partial charge is 0.341 e. The minimum atomic E-state index is 0.00331. The smallest absolute Gasteiger partial charge is 0.255 e. The van der Waals surface area contributed by atoms with Crippen LogP contribution in [0.1, 0.15) is 23.7 Å². The van der Waals surface area contributed by atoms with Crippen molar-refractivity contribution >= 4 is 43.7 Å². The van der Waals surface area contributed by atoms with Crippen LogP contribution >= 0.6 is 31.9 Å². The molecule has 2 rings (SSSR count). The summed E-state index contributed by atoms with van der Waals surface area (Å²) in [5, 5.41) is 0. The molecular formula is C14H16Br2N2O2. The molecule has 0 N–H and O–H groups in total. The molecule has 20 heavy (non-hydrogen) atoms. The first-order valence-corrected chi connectivity index (χ1v) is 8.07. The zero-order chi connectivity index (χ0) is 14.7. The molecule has 1 aliphatic heterocycles. The Balaban J connectivity index is 2.13. The van der Waals surface area contributed by atoms with Crippen LogP contribution in [-0.4, -0.2) is 47.8 Å². The van der Waals surface area contributed by atoms with E-state index in [1.807, 2.05) is 23.1 Å². The number of carbonyl (C=O) groups excluding carboxylic acids is 2. The van der Waals surface area contributed by atoms with Crippen LogP contribution in [0.5, 0.6) is 0 Å². The predicted octanol–water partition coefficient (Wildman–Crippen LogP) is 2.91. The van der Waals surface area contributed by atoms with Crippen molar-refractivity contribution in [3.05, 3.63) is 32.7 Å². The lowest BCUT2D eigenvalue weighted by atomic mass is 10.2. The maximum absolute atomic E-state index is 12.6. The molecule has 0 spiro atoms. The van der Waals surface area contributed by atoms with Crippen LogP contribution in [0, 0.1) is 0 Å². The quantitative estimate of drug-likeness (QED) is 0.723. The van der Waals surface area contributed by atoms with Gasteiger partial charge in [-0.05, 0) is 40.5 Å². The molecule has 4 nitrogen and oxygen atoms in total. The van der Waals surface area contributed by atoms with Crippen molar-refractivity contribution in [1.82, 2.24) is 9.80 Å². The van der Waals surface area contributed by atoms with Gasteiger partial charge < -0.3 is 9.80 Å². The number of benzene rings is 1. The van der Waals surface area contributed by atoms with Crippen molar-refractivity contribution < 1.29 is 9.59 Å². The maximum Gasteiger partial charge on any atom is 0.255 e. The molecule has 2 amide bonds. The van der Waals surface area contributed by atoms with Gasteiger partial charge in [0.1, 0.15) is 0 Å². The van der Waals surface area contributed by atoms with E-state index in [0.29, 0.717) is 25.2 Å². The average molecular weight is 404 g/mol. The number of carbonyl (C=O) groups is 2. The lowest BCUT2D eigenvalue weighted by Crippen LogP contribution is -2.36. The van der Waals surface area contributed by atoms with Gasteiger partial charge in [0.2, 0.25) is 5.91 Å². The summed E-state index contributed by atoms with van der Waals surface area (Å²) >= 11 is 6.81. The molecule has 0 aromatic heterocycles. The van der Waals surface area contributed by atoms with Crippen LogP contribution in [0.2, 0.25) is 0 Å². The van der Waals surface area contributed by atoms with E-state index in [4.69, 9.17) is 0 Å². The Morgan fingerprint density at radius 1 is 1.05 bits per heavy atom. The van der Waals surface area contributed by atoms with E-state index < -0.39 is 0 Å². The molecule has 0 saturated carbocycles. The second-order valence-electron chi connectivity index (χ2n) is 4.78. The highest BCUT2D eigenvalue weighted by Crippen LogP contribution is 2.23. The fraction of sp³-hybridized carbons (Fsp3) is 0.429. The van der Waals surface area contributed by atoms with Gasteiger partial charge in [-0.2, -0.15) is 0 Å². The molecule has 0 atom stereocenters. The van der Waals surface area contributed by atoms with Gasteiger partial charge in [0.05, 0.1) is 5.56 Å². The third kappa shape index (κ3) is 3.61. The summed E-state index contributed by atoms with van der Waals surface area (Å²) in [7, 11) is 0. The molecule has 1 aromatic rings. The molecule has 0 aliphatic carbocycles. The minimum Gasteiger partial charge on any atom is -0.341 e. The molecule has 1 saturated heterocycles. The van der Waals surface area contributed by atoms with Gasteiger partial charge in [0.15, 0.2) is 0 Å². The summed E-state index contributed by atoms with van der Waals surface area (Å²) in [6.45, 7) is 4.16. The number of amides is 2. The number of hydrogen-bond donors (Lipinski definition) is 0. The second-order valence-corrected chi connectivity index (χ2v) is 6.55. The van der Waals surface area contributed by atoms with Crippen molar-refractivity contribution in [3.63, 3.8) is 0 Å². The van der Waals surface area contributed by atoms with Crippen molar-refractivity contribution in [2.75, 3.05) is 26.2 Å². The van der Waals surface area contributed by atoms with E-state index in [0.717, 1.165) is 21.9 Å². The monoisotopic (exact) mass is 402 g/mol. The fourth-order valence-electron chi connectivity index (χ4n) is 2.27. The predicted molar refractivity (Wildman–Crippen MR) is 84.6 cm³/mol. The standard InChI is InChI=1S/C14H16Br2N2O2/c1-10(19)17-5-2-6-18(8-7-17)14(20)12-9-11(15)3-4-13(12)16/h3-4,9H,2,5-8H2,1H3. The van der Waals surface area contributed by atoms with Gasteiger partial charge in [-0.3, -0.25) is 9.59 Å². The van der Waals surface area contributed by atoms with Crippen molar-refractivity contribution in [1.29, 1.82) is 0 Å². The minimum absolute atomic E-state index is 0.00331.